The van der Waals surface area contributed by atoms with Crippen molar-refractivity contribution in [1.82, 2.24) is 4.90 Å². The number of carbonyl (C=O) groups is 1. The predicted octanol–water partition coefficient (Wildman–Crippen LogP) is -1.15. The normalized spacial score (nSPS) is 11.4. The highest BCUT2D eigenvalue weighted by Crippen LogP contribution is 1.96. The number of hydrogen-bond acceptors (Lipinski definition) is 5. The van der Waals surface area contributed by atoms with E-state index in [4.69, 9.17) is 10.5 Å². The van der Waals surface area contributed by atoms with Gasteiger partial charge in [-0.25, -0.2) is 8.42 Å². The van der Waals surface area contributed by atoms with Crippen LogP contribution in [0.1, 0.15) is 6.42 Å². The number of rotatable bonds is 8. The summed E-state index contributed by atoms with van der Waals surface area (Å²) >= 11 is 0. The van der Waals surface area contributed by atoms with E-state index >= 15 is 0 Å². The van der Waals surface area contributed by atoms with Crippen LogP contribution in [0.4, 0.5) is 0 Å². The van der Waals surface area contributed by atoms with Crippen LogP contribution in [-0.4, -0.2) is 64.6 Å². The zero-order chi connectivity index (χ0) is 12.6. The third kappa shape index (κ3) is 7.61. The molecule has 0 rings (SSSR count). The zero-order valence-electron chi connectivity index (χ0n) is 9.81. The van der Waals surface area contributed by atoms with Gasteiger partial charge in [-0.1, -0.05) is 0 Å². The minimum absolute atomic E-state index is 0.389. The maximum atomic E-state index is 11.6. The average molecular weight is 252 g/mol. The van der Waals surface area contributed by atoms with Crippen molar-refractivity contribution in [3.8, 4) is 0 Å². The summed E-state index contributed by atoms with van der Waals surface area (Å²) in [6.07, 6.45) is 1.70. The number of hydrogen-bond donors (Lipinski definition) is 1. The molecule has 0 aliphatic carbocycles. The van der Waals surface area contributed by atoms with E-state index < -0.39 is 21.5 Å². The van der Waals surface area contributed by atoms with Crippen LogP contribution in [0.2, 0.25) is 0 Å². The second kappa shape index (κ2) is 7.59. The Morgan fingerprint density at radius 3 is 2.44 bits per heavy atom. The lowest BCUT2D eigenvalue weighted by Gasteiger charge is -2.21. The molecule has 7 heteroatoms. The van der Waals surface area contributed by atoms with Crippen LogP contribution >= 0.6 is 0 Å². The SMILES string of the molecule is COCCN(CCCN)C(=O)CS(C)(=O)=O. The number of amides is 1. The molecule has 0 heterocycles. The smallest absolute Gasteiger partial charge is 0.237 e. The highest BCUT2D eigenvalue weighted by Gasteiger charge is 2.17. The summed E-state index contributed by atoms with van der Waals surface area (Å²) < 4.78 is 26.8. The molecule has 2 N–H and O–H groups in total. The van der Waals surface area contributed by atoms with Gasteiger partial charge in [0.1, 0.15) is 5.75 Å². The van der Waals surface area contributed by atoms with Crippen LogP contribution in [0.5, 0.6) is 0 Å². The molecule has 0 fully saturated rings. The summed E-state index contributed by atoms with van der Waals surface area (Å²) in [6, 6.07) is 0. The fourth-order valence-corrected chi connectivity index (χ4v) is 1.79. The van der Waals surface area contributed by atoms with Crippen LogP contribution in [0.25, 0.3) is 0 Å². The molecule has 0 spiro atoms. The first-order chi connectivity index (χ1) is 7.40. The van der Waals surface area contributed by atoms with Gasteiger partial charge < -0.3 is 15.4 Å². The summed E-state index contributed by atoms with van der Waals surface area (Å²) in [5.74, 6) is -0.852. The molecule has 0 aromatic carbocycles. The van der Waals surface area contributed by atoms with Crippen molar-refractivity contribution in [1.29, 1.82) is 0 Å². The second-order valence-electron chi connectivity index (χ2n) is 3.59. The monoisotopic (exact) mass is 252 g/mol. The first kappa shape index (κ1) is 15.3. The Balaban J connectivity index is 4.30. The third-order valence-electron chi connectivity index (χ3n) is 1.94. The van der Waals surface area contributed by atoms with Crippen LogP contribution in [0, 0.1) is 0 Å². The highest BCUT2D eigenvalue weighted by atomic mass is 32.2. The van der Waals surface area contributed by atoms with E-state index in [1.807, 2.05) is 0 Å². The Morgan fingerprint density at radius 2 is 2.00 bits per heavy atom. The number of carbonyl (C=O) groups excluding carboxylic acids is 1. The van der Waals surface area contributed by atoms with E-state index in [0.29, 0.717) is 32.7 Å². The molecule has 96 valence electrons. The van der Waals surface area contributed by atoms with Gasteiger partial charge >= 0.3 is 0 Å². The summed E-state index contributed by atoms with van der Waals surface area (Å²) in [7, 11) is -1.75. The molecular weight excluding hydrogens is 232 g/mol. The topological polar surface area (TPSA) is 89.7 Å². The van der Waals surface area contributed by atoms with Crippen LogP contribution in [0.15, 0.2) is 0 Å². The van der Waals surface area contributed by atoms with Crippen molar-refractivity contribution in [2.24, 2.45) is 5.73 Å². The first-order valence-corrected chi connectivity index (χ1v) is 7.11. The fourth-order valence-electron chi connectivity index (χ4n) is 1.16. The number of sulfone groups is 1. The maximum absolute atomic E-state index is 11.6. The van der Waals surface area contributed by atoms with Gasteiger partial charge in [-0.2, -0.15) is 0 Å². The molecule has 0 unspecified atom stereocenters. The van der Waals surface area contributed by atoms with Gasteiger partial charge in [-0.15, -0.1) is 0 Å². The van der Waals surface area contributed by atoms with Gasteiger partial charge in [0.25, 0.3) is 0 Å². The van der Waals surface area contributed by atoms with Gasteiger partial charge in [0.15, 0.2) is 9.84 Å². The zero-order valence-corrected chi connectivity index (χ0v) is 10.6. The molecule has 0 saturated heterocycles. The van der Waals surface area contributed by atoms with Crippen LogP contribution in [-0.2, 0) is 19.4 Å². The van der Waals surface area contributed by atoms with E-state index in [-0.39, 0.29) is 0 Å². The van der Waals surface area contributed by atoms with Crippen molar-refractivity contribution in [2.75, 3.05) is 45.4 Å². The Morgan fingerprint density at radius 1 is 1.38 bits per heavy atom. The lowest BCUT2D eigenvalue weighted by Crippen LogP contribution is -2.39. The standard InChI is InChI=1S/C9H20N2O4S/c1-15-7-6-11(5-3-4-10)9(12)8-16(2,13)14/h3-8,10H2,1-2H3. The van der Waals surface area contributed by atoms with Gasteiger partial charge in [0.2, 0.25) is 5.91 Å². The van der Waals surface area contributed by atoms with E-state index in [1.54, 1.807) is 0 Å². The summed E-state index contributed by atoms with van der Waals surface area (Å²) in [5, 5.41) is 0. The number of nitrogens with zero attached hydrogens (tertiary/aromatic N) is 1. The Kier molecular flexibility index (Phi) is 7.27. The lowest BCUT2D eigenvalue weighted by atomic mass is 10.3. The summed E-state index contributed by atoms with van der Waals surface area (Å²) in [6.45, 7) is 1.72. The Hall–Kier alpha value is -0.660. The molecule has 1 amide bonds. The van der Waals surface area contributed by atoms with E-state index in [0.717, 1.165) is 6.26 Å². The van der Waals surface area contributed by atoms with Crippen molar-refractivity contribution in [2.45, 2.75) is 6.42 Å². The minimum Gasteiger partial charge on any atom is -0.383 e. The van der Waals surface area contributed by atoms with Crippen LogP contribution < -0.4 is 5.73 Å². The fraction of sp³-hybridized carbons (Fsp3) is 0.889. The molecule has 6 nitrogen and oxygen atoms in total. The molecule has 0 aliphatic rings. The average Bonchev–Trinajstić information content (AvgIpc) is 2.15. The molecule has 0 aromatic heterocycles. The molecule has 0 aliphatic heterocycles. The van der Waals surface area contributed by atoms with Crippen molar-refractivity contribution in [3.63, 3.8) is 0 Å². The van der Waals surface area contributed by atoms with Crippen molar-refractivity contribution >= 4 is 15.7 Å². The summed E-state index contributed by atoms with van der Waals surface area (Å²) in [4.78, 5) is 13.1. The summed E-state index contributed by atoms with van der Waals surface area (Å²) in [5.41, 5.74) is 5.35. The predicted molar refractivity (Wildman–Crippen MR) is 61.8 cm³/mol. The van der Waals surface area contributed by atoms with Crippen molar-refractivity contribution < 1.29 is 17.9 Å². The number of methoxy groups -OCH3 is 1. The van der Waals surface area contributed by atoms with E-state index in [2.05, 4.69) is 0 Å². The van der Waals surface area contributed by atoms with E-state index in [1.165, 1.54) is 12.0 Å². The Bertz CT molecular complexity index is 295. The number of ether oxygens (including phenoxy) is 1. The van der Waals surface area contributed by atoms with Crippen LogP contribution in [0.3, 0.4) is 0 Å². The largest absolute Gasteiger partial charge is 0.383 e. The Labute approximate surface area is 96.7 Å². The lowest BCUT2D eigenvalue weighted by molar-refractivity contribution is -0.129. The van der Waals surface area contributed by atoms with Gasteiger partial charge in [0, 0.05) is 26.5 Å². The molecular formula is C9H20N2O4S. The number of nitrogens with two attached hydrogens (primary N) is 1. The van der Waals surface area contributed by atoms with Gasteiger partial charge in [0.05, 0.1) is 6.61 Å². The van der Waals surface area contributed by atoms with Crippen molar-refractivity contribution in [3.05, 3.63) is 0 Å². The first-order valence-electron chi connectivity index (χ1n) is 5.05. The third-order valence-corrected chi connectivity index (χ3v) is 2.71. The molecule has 0 atom stereocenters. The molecule has 0 aromatic rings. The molecule has 0 radical (unpaired) electrons. The highest BCUT2D eigenvalue weighted by molar-refractivity contribution is 7.91. The molecule has 0 bridgehead atoms. The maximum Gasteiger partial charge on any atom is 0.237 e. The molecule has 0 saturated carbocycles. The van der Waals surface area contributed by atoms with E-state index in [9.17, 15) is 13.2 Å². The van der Waals surface area contributed by atoms with Gasteiger partial charge in [-0.05, 0) is 13.0 Å². The second-order valence-corrected chi connectivity index (χ2v) is 5.73. The quantitative estimate of drug-likeness (QED) is 0.589. The van der Waals surface area contributed by atoms with Gasteiger partial charge in [-0.3, -0.25) is 4.79 Å². The molecule has 16 heavy (non-hydrogen) atoms. The minimum atomic E-state index is -3.28.